The predicted molar refractivity (Wildman–Crippen MR) is 69.2 cm³/mol. The van der Waals surface area contributed by atoms with Gasteiger partial charge in [0.05, 0.1) is 6.61 Å². The molecule has 1 amide bonds. The van der Waals surface area contributed by atoms with Crippen LogP contribution < -0.4 is 16.1 Å². The van der Waals surface area contributed by atoms with Crippen LogP contribution in [0.25, 0.3) is 0 Å². The van der Waals surface area contributed by atoms with E-state index in [1.165, 1.54) is 0 Å². The SMILES string of the molecule is CNP(=O)(O)OC[C@H](NC(=O)CC[C@H](N)C(=O)O)C(=O)O. The number of carboxylic acid groups (broad SMARTS) is 2. The van der Waals surface area contributed by atoms with Crippen LogP contribution in [0.4, 0.5) is 0 Å². The van der Waals surface area contributed by atoms with Gasteiger partial charge in [-0.1, -0.05) is 0 Å². The van der Waals surface area contributed by atoms with Crippen molar-refractivity contribution in [3.63, 3.8) is 0 Å². The molecule has 0 aromatic heterocycles. The summed E-state index contributed by atoms with van der Waals surface area (Å²) in [7, 11) is -2.98. The number of carbonyl (C=O) groups excluding carboxylic acids is 1. The van der Waals surface area contributed by atoms with E-state index in [2.05, 4.69) is 4.52 Å². The van der Waals surface area contributed by atoms with E-state index < -0.39 is 44.3 Å². The van der Waals surface area contributed by atoms with Gasteiger partial charge in [-0.25, -0.2) is 14.4 Å². The Balaban J connectivity index is 4.38. The van der Waals surface area contributed by atoms with Crippen LogP contribution in [-0.2, 0) is 23.5 Å². The molecule has 0 spiro atoms. The van der Waals surface area contributed by atoms with E-state index in [0.29, 0.717) is 0 Å². The standard InChI is InChI=1S/C9H18N3O8P/c1-11-21(18,19)20-4-6(9(16)17)12-7(13)3-2-5(10)8(14)15/h5-6H,2-4,10H2,1H3,(H,12,13)(H,14,15)(H,16,17)(H2,11,18,19)/t5-,6-/m0/s1. The molecule has 0 rings (SSSR count). The predicted octanol–water partition coefficient (Wildman–Crippen LogP) is -1.92. The number of carboxylic acids is 2. The molecule has 0 aliphatic heterocycles. The lowest BCUT2D eigenvalue weighted by Gasteiger charge is -2.17. The second kappa shape index (κ2) is 8.70. The minimum atomic E-state index is -4.12. The van der Waals surface area contributed by atoms with Gasteiger partial charge in [-0.2, -0.15) is 0 Å². The maximum atomic E-state index is 11.5. The fourth-order valence-corrected chi connectivity index (χ4v) is 1.57. The lowest BCUT2D eigenvalue weighted by molar-refractivity contribution is -0.143. The summed E-state index contributed by atoms with van der Waals surface area (Å²) in [6.07, 6.45) is -0.483. The highest BCUT2D eigenvalue weighted by atomic mass is 31.2. The van der Waals surface area contributed by atoms with E-state index in [1.807, 2.05) is 10.4 Å². The summed E-state index contributed by atoms with van der Waals surface area (Å²) in [5, 5.41) is 21.4. The van der Waals surface area contributed by atoms with Gasteiger partial charge < -0.3 is 26.2 Å². The molecule has 0 aliphatic carbocycles. The molecule has 0 heterocycles. The number of amides is 1. The highest BCUT2D eigenvalue weighted by molar-refractivity contribution is 7.50. The fourth-order valence-electron chi connectivity index (χ4n) is 1.09. The number of aliphatic carboxylic acids is 2. The molecule has 21 heavy (non-hydrogen) atoms. The molecule has 122 valence electrons. The van der Waals surface area contributed by atoms with Gasteiger partial charge in [-0.3, -0.25) is 14.1 Å². The van der Waals surface area contributed by atoms with Crippen LogP contribution in [0, 0.1) is 0 Å². The minimum Gasteiger partial charge on any atom is -0.480 e. The van der Waals surface area contributed by atoms with Crippen LogP contribution in [0.2, 0.25) is 0 Å². The third-order valence-electron chi connectivity index (χ3n) is 2.33. The summed E-state index contributed by atoms with van der Waals surface area (Å²) >= 11 is 0. The van der Waals surface area contributed by atoms with Crippen molar-refractivity contribution in [1.82, 2.24) is 10.4 Å². The van der Waals surface area contributed by atoms with E-state index in [-0.39, 0.29) is 12.8 Å². The first-order chi connectivity index (χ1) is 9.59. The van der Waals surface area contributed by atoms with E-state index in [9.17, 15) is 18.9 Å². The maximum Gasteiger partial charge on any atom is 0.402 e. The molecule has 7 N–H and O–H groups in total. The fraction of sp³-hybridized carbons (Fsp3) is 0.667. The van der Waals surface area contributed by atoms with E-state index in [0.717, 1.165) is 7.05 Å². The van der Waals surface area contributed by atoms with E-state index >= 15 is 0 Å². The van der Waals surface area contributed by atoms with Crippen molar-refractivity contribution in [1.29, 1.82) is 0 Å². The molecule has 0 aliphatic rings. The third-order valence-corrected chi connectivity index (χ3v) is 3.40. The molecule has 0 aromatic rings. The van der Waals surface area contributed by atoms with Crippen molar-refractivity contribution < 1.29 is 38.6 Å². The molecule has 0 fully saturated rings. The van der Waals surface area contributed by atoms with Crippen LogP contribution in [0.3, 0.4) is 0 Å². The van der Waals surface area contributed by atoms with Gasteiger partial charge in [-0.05, 0) is 13.5 Å². The van der Waals surface area contributed by atoms with Crippen LogP contribution >= 0.6 is 7.75 Å². The van der Waals surface area contributed by atoms with E-state index in [1.54, 1.807) is 0 Å². The van der Waals surface area contributed by atoms with Crippen LogP contribution in [0.1, 0.15) is 12.8 Å². The number of hydrogen-bond acceptors (Lipinski definition) is 6. The van der Waals surface area contributed by atoms with Crippen molar-refractivity contribution >= 4 is 25.6 Å². The molecule has 11 nitrogen and oxygen atoms in total. The molecule has 12 heteroatoms. The first-order valence-electron chi connectivity index (χ1n) is 5.76. The van der Waals surface area contributed by atoms with Gasteiger partial charge >= 0.3 is 19.7 Å². The Morgan fingerprint density at radius 1 is 1.29 bits per heavy atom. The third kappa shape index (κ3) is 8.38. The number of hydrogen-bond donors (Lipinski definition) is 6. The smallest absolute Gasteiger partial charge is 0.402 e. The van der Waals surface area contributed by atoms with Gasteiger partial charge in [0, 0.05) is 6.42 Å². The second-order valence-electron chi connectivity index (χ2n) is 3.98. The Bertz CT molecular complexity index is 443. The molecule has 0 saturated heterocycles. The lowest BCUT2D eigenvalue weighted by Crippen LogP contribution is -2.44. The van der Waals surface area contributed by atoms with Crippen molar-refractivity contribution in [3.05, 3.63) is 0 Å². The number of rotatable bonds is 10. The normalized spacial score (nSPS) is 16.5. The summed E-state index contributed by atoms with van der Waals surface area (Å²) < 4.78 is 15.6. The first-order valence-corrected chi connectivity index (χ1v) is 7.33. The van der Waals surface area contributed by atoms with Gasteiger partial charge in [-0.15, -0.1) is 0 Å². The Morgan fingerprint density at radius 2 is 1.86 bits per heavy atom. The molecule has 0 bridgehead atoms. The van der Waals surface area contributed by atoms with E-state index in [4.69, 9.17) is 20.8 Å². The Morgan fingerprint density at radius 3 is 2.29 bits per heavy atom. The monoisotopic (exact) mass is 327 g/mol. The second-order valence-corrected chi connectivity index (χ2v) is 5.73. The zero-order valence-corrected chi connectivity index (χ0v) is 12.1. The quantitative estimate of drug-likeness (QED) is 0.247. The van der Waals surface area contributed by atoms with Crippen LogP contribution in [0.15, 0.2) is 0 Å². The van der Waals surface area contributed by atoms with Crippen LogP contribution in [0.5, 0.6) is 0 Å². The van der Waals surface area contributed by atoms with Gasteiger partial charge in [0.2, 0.25) is 5.91 Å². The molecular formula is C9H18N3O8P. The zero-order valence-electron chi connectivity index (χ0n) is 11.2. The lowest BCUT2D eigenvalue weighted by atomic mass is 10.1. The average molecular weight is 327 g/mol. The highest BCUT2D eigenvalue weighted by Gasteiger charge is 2.25. The summed E-state index contributed by atoms with van der Waals surface area (Å²) in [5.41, 5.74) is 5.19. The Kier molecular flexibility index (Phi) is 8.07. The number of nitrogens with two attached hydrogens (primary N) is 1. The zero-order chi connectivity index (χ0) is 16.6. The molecule has 0 saturated carbocycles. The highest BCUT2D eigenvalue weighted by Crippen LogP contribution is 2.35. The maximum absolute atomic E-state index is 11.5. The molecule has 3 atom stereocenters. The largest absolute Gasteiger partial charge is 0.480 e. The molecular weight excluding hydrogens is 309 g/mol. The summed E-state index contributed by atoms with van der Waals surface area (Å²) in [6.45, 7) is -0.735. The molecule has 1 unspecified atom stereocenters. The van der Waals surface area contributed by atoms with Crippen molar-refractivity contribution in [2.24, 2.45) is 5.73 Å². The van der Waals surface area contributed by atoms with Gasteiger partial charge in [0.15, 0.2) is 6.04 Å². The topological polar surface area (TPSA) is 188 Å². The Hall–Kier alpha value is -1.52. The summed E-state index contributed by atoms with van der Waals surface area (Å²) in [6, 6.07) is -2.79. The average Bonchev–Trinajstić information content (AvgIpc) is 2.40. The Labute approximate surface area is 120 Å². The summed E-state index contributed by atoms with van der Waals surface area (Å²) in [4.78, 5) is 41.8. The minimum absolute atomic E-state index is 0.177. The first kappa shape index (κ1) is 19.5. The number of nitrogens with one attached hydrogen (secondary N) is 2. The van der Waals surface area contributed by atoms with Gasteiger partial charge in [0.25, 0.3) is 0 Å². The van der Waals surface area contributed by atoms with Crippen LogP contribution in [-0.4, -0.2) is 58.7 Å². The van der Waals surface area contributed by atoms with Crippen molar-refractivity contribution in [3.8, 4) is 0 Å². The molecule has 0 aromatic carbocycles. The summed E-state index contributed by atoms with van der Waals surface area (Å²) in [5.74, 6) is -3.52. The van der Waals surface area contributed by atoms with Crippen molar-refractivity contribution in [2.45, 2.75) is 24.9 Å². The molecule has 0 radical (unpaired) electrons. The number of carbonyl (C=O) groups is 3. The van der Waals surface area contributed by atoms with Crippen molar-refractivity contribution in [2.75, 3.05) is 13.7 Å². The van der Waals surface area contributed by atoms with Gasteiger partial charge in [0.1, 0.15) is 6.04 Å².